The highest BCUT2D eigenvalue weighted by Gasteiger charge is 2.28. The fourth-order valence-electron chi connectivity index (χ4n) is 4.39. The third-order valence-electron chi connectivity index (χ3n) is 5.84. The molecular formula is C22H34N2O. The normalized spacial score (nSPS) is 24.1. The van der Waals surface area contributed by atoms with Crippen LogP contribution in [0.15, 0.2) is 36.4 Å². The van der Waals surface area contributed by atoms with E-state index in [2.05, 4.69) is 52.3 Å². The summed E-state index contributed by atoms with van der Waals surface area (Å²) in [5.41, 5.74) is 1.27. The number of hydrogen-bond donors (Lipinski definition) is 1. The Kier molecular flexibility index (Phi) is 7.53. The van der Waals surface area contributed by atoms with Gasteiger partial charge in [-0.15, -0.1) is 0 Å². The van der Waals surface area contributed by atoms with Crippen molar-refractivity contribution in [1.82, 2.24) is 9.80 Å². The minimum absolute atomic E-state index is 0.305. The average Bonchev–Trinajstić information content (AvgIpc) is 2.66. The molecule has 1 aromatic rings. The molecule has 1 aromatic carbocycles. The third-order valence-corrected chi connectivity index (χ3v) is 5.84. The van der Waals surface area contributed by atoms with E-state index in [-0.39, 0.29) is 0 Å². The molecule has 1 aliphatic heterocycles. The van der Waals surface area contributed by atoms with Crippen LogP contribution in [-0.2, 0) is 0 Å². The van der Waals surface area contributed by atoms with Crippen LogP contribution >= 0.6 is 0 Å². The number of hydrogen-bond acceptors (Lipinski definition) is 3. The number of benzene rings is 1. The molecule has 0 aromatic heterocycles. The molecule has 1 unspecified atom stereocenters. The molecule has 3 heteroatoms. The predicted molar refractivity (Wildman–Crippen MR) is 106 cm³/mol. The summed E-state index contributed by atoms with van der Waals surface area (Å²) in [6.45, 7) is 5.95. The third kappa shape index (κ3) is 5.95. The Morgan fingerprint density at radius 2 is 1.84 bits per heavy atom. The minimum Gasteiger partial charge on any atom is -0.396 e. The number of nitrogens with zero attached hydrogens (tertiary/aromatic N) is 2. The van der Waals surface area contributed by atoms with Crippen molar-refractivity contribution in [3.63, 3.8) is 0 Å². The van der Waals surface area contributed by atoms with Crippen LogP contribution < -0.4 is 0 Å². The van der Waals surface area contributed by atoms with E-state index in [0.717, 1.165) is 38.5 Å². The molecule has 3 nitrogen and oxygen atoms in total. The highest BCUT2D eigenvalue weighted by molar-refractivity contribution is 5.48. The Balaban J connectivity index is 1.49. The molecule has 0 bridgehead atoms. The van der Waals surface area contributed by atoms with E-state index in [1.54, 1.807) is 0 Å². The topological polar surface area (TPSA) is 26.7 Å². The smallest absolute Gasteiger partial charge is 0.0446 e. The molecule has 1 aliphatic carbocycles. The molecule has 2 fully saturated rings. The maximum absolute atomic E-state index is 9.49. The fourth-order valence-corrected chi connectivity index (χ4v) is 4.39. The van der Waals surface area contributed by atoms with Gasteiger partial charge in [-0.05, 0) is 30.7 Å². The van der Waals surface area contributed by atoms with Gasteiger partial charge in [-0.3, -0.25) is 9.80 Å². The van der Waals surface area contributed by atoms with Gasteiger partial charge in [-0.2, -0.15) is 0 Å². The molecule has 1 atom stereocenters. The van der Waals surface area contributed by atoms with Crippen molar-refractivity contribution in [2.75, 3.05) is 39.3 Å². The fraction of sp³-hybridized carbons (Fsp3) is 0.636. The van der Waals surface area contributed by atoms with E-state index in [4.69, 9.17) is 0 Å². The zero-order valence-electron chi connectivity index (χ0n) is 15.5. The predicted octanol–water partition coefficient (Wildman–Crippen LogP) is 3.65. The van der Waals surface area contributed by atoms with Crippen molar-refractivity contribution in [2.24, 2.45) is 5.92 Å². The van der Waals surface area contributed by atoms with E-state index in [0.29, 0.717) is 12.6 Å². The minimum atomic E-state index is 0.305. The van der Waals surface area contributed by atoms with Gasteiger partial charge in [0.25, 0.3) is 0 Å². The largest absolute Gasteiger partial charge is 0.396 e. The summed E-state index contributed by atoms with van der Waals surface area (Å²) in [4.78, 5) is 5.21. The zero-order valence-corrected chi connectivity index (χ0v) is 15.5. The lowest BCUT2D eigenvalue weighted by Gasteiger charge is -2.43. The van der Waals surface area contributed by atoms with E-state index < -0.39 is 0 Å². The van der Waals surface area contributed by atoms with Gasteiger partial charge in [-0.25, -0.2) is 0 Å². The van der Waals surface area contributed by atoms with E-state index >= 15 is 0 Å². The lowest BCUT2D eigenvalue weighted by atomic mass is 9.88. The van der Waals surface area contributed by atoms with Crippen LogP contribution in [0, 0.1) is 5.92 Å². The molecule has 1 saturated heterocycles. The maximum atomic E-state index is 9.49. The van der Waals surface area contributed by atoms with Crippen molar-refractivity contribution in [3.8, 4) is 0 Å². The van der Waals surface area contributed by atoms with Gasteiger partial charge in [0.1, 0.15) is 0 Å². The highest BCUT2D eigenvalue weighted by atomic mass is 16.3. The molecule has 138 valence electrons. The van der Waals surface area contributed by atoms with Crippen LogP contribution in [-0.4, -0.2) is 60.3 Å². The second kappa shape index (κ2) is 10.1. The SMILES string of the molecule is OCCC1CN(C/C=C/c2ccccc2)CCN1CC1CCCCC1. The molecule has 1 heterocycles. The number of aliphatic hydroxyl groups is 1. The van der Waals surface area contributed by atoms with Gasteiger partial charge in [0, 0.05) is 45.4 Å². The zero-order chi connectivity index (χ0) is 17.3. The standard InChI is InChI=1S/C22H34N2O/c25-17-13-22-19-23(14-7-12-20-8-3-1-4-9-20)15-16-24(22)18-21-10-5-2-6-11-21/h1,3-4,7-9,12,21-22,25H,2,5-6,10-11,13-19H2/b12-7+. The van der Waals surface area contributed by atoms with Gasteiger partial charge in [0.2, 0.25) is 0 Å². The van der Waals surface area contributed by atoms with Gasteiger partial charge >= 0.3 is 0 Å². The Bertz CT molecular complexity index is 510. The summed E-state index contributed by atoms with van der Waals surface area (Å²) in [5, 5.41) is 9.49. The lowest BCUT2D eigenvalue weighted by Crippen LogP contribution is -2.54. The van der Waals surface area contributed by atoms with Crippen molar-refractivity contribution in [2.45, 2.75) is 44.6 Å². The van der Waals surface area contributed by atoms with Crippen LogP contribution in [0.2, 0.25) is 0 Å². The van der Waals surface area contributed by atoms with Gasteiger partial charge in [0.15, 0.2) is 0 Å². The second-order valence-corrected chi connectivity index (χ2v) is 7.74. The molecule has 3 rings (SSSR count). The van der Waals surface area contributed by atoms with Crippen LogP contribution in [0.1, 0.15) is 44.1 Å². The molecule has 0 spiro atoms. The quantitative estimate of drug-likeness (QED) is 0.819. The molecule has 0 radical (unpaired) electrons. The Labute approximate surface area is 153 Å². The number of piperazine rings is 1. The highest BCUT2D eigenvalue weighted by Crippen LogP contribution is 2.26. The molecule has 0 amide bonds. The molecule has 1 saturated carbocycles. The van der Waals surface area contributed by atoms with E-state index in [1.807, 2.05) is 0 Å². The van der Waals surface area contributed by atoms with E-state index in [9.17, 15) is 5.11 Å². The second-order valence-electron chi connectivity index (χ2n) is 7.74. The van der Waals surface area contributed by atoms with Crippen molar-refractivity contribution < 1.29 is 5.11 Å². The maximum Gasteiger partial charge on any atom is 0.0446 e. The first kappa shape index (κ1) is 18.6. The summed E-state index contributed by atoms with van der Waals surface area (Å²) in [6.07, 6.45) is 12.5. The van der Waals surface area contributed by atoms with Crippen molar-refractivity contribution in [1.29, 1.82) is 0 Å². The van der Waals surface area contributed by atoms with Gasteiger partial charge < -0.3 is 5.11 Å². The van der Waals surface area contributed by atoms with Crippen LogP contribution in [0.4, 0.5) is 0 Å². The van der Waals surface area contributed by atoms with Gasteiger partial charge in [0.05, 0.1) is 0 Å². The van der Waals surface area contributed by atoms with Crippen molar-refractivity contribution in [3.05, 3.63) is 42.0 Å². The summed E-state index contributed by atoms with van der Waals surface area (Å²) in [6, 6.07) is 11.0. The Morgan fingerprint density at radius 3 is 2.60 bits per heavy atom. The van der Waals surface area contributed by atoms with E-state index in [1.165, 1.54) is 44.2 Å². The first-order valence-corrected chi connectivity index (χ1v) is 10.1. The average molecular weight is 343 g/mol. The van der Waals surface area contributed by atoms with Crippen LogP contribution in [0.5, 0.6) is 0 Å². The molecule has 25 heavy (non-hydrogen) atoms. The lowest BCUT2D eigenvalue weighted by molar-refractivity contribution is 0.0485. The van der Waals surface area contributed by atoms with Crippen LogP contribution in [0.25, 0.3) is 6.08 Å². The monoisotopic (exact) mass is 342 g/mol. The van der Waals surface area contributed by atoms with Crippen molar-refractivity contribution >= 4 is 6.08 Å². The van der Waals surface area contributed by atoms with Gasteiger partial charge in [-0.1, -0.05) is 61.7 Å². The Morgan fingerprint density at radius 1 is 1.04 bits per heavy atom. The number of rotatable bonds is 7. The summed E-state index contributed by atoms with van der Waals surface area (Å²) < 4.78 is 0. The summed E-state index contributed by atoms with van der Waals surface area (Å²) >= 11 is 0. The first-order chi connectivity index (χ1) is 12.3. The van der Waals surface area contributed by atoms with Crippen LogP contribution in [0.3, 0.4) is 0 Å². The molecule has 2 aliphatic rings. The Hall–Kier alpha value is -1.16. The molecule has 1 N–H and O–H groups in total. The summed E-state index contributed by atoms with van der Waals surface area (Å²) in [5.74, 6) is 0.888. The first-order valence-electron chi connectivity index (χ1n) is 10.1. The number of aliphatic hydroxyl groups excluding tert-OH is 1. The summed E-state index contributed by atoms with van der Waals surface area (Å²) in [7, 11) is 0. The molecular weight excluding hydrogens is 308 g/mol.